The molecule has 30 heavy (non-hydrogen) atoms. The van der Waals surface area contributed by atoms with Crippen molar-refractivity contribution in [1.82, 2.24) is 10.3 Å². The van der Waals surface area contributed by atoms with Gasteiger partial charge in [0.05, 0.1) is 6.61 Å². The van der Waals surface area contributed by atoms with Gasteiger partial charge in [-0.2, -0.15) is 0 Å². The van der Waals surface area contributed by atoms with Crippen LogP contribution in [0.4, 0.5) is 4.79 Å². The van der Waals surface area contributed by atoms with Gasteiger partial charge in [0.2, 0.25) is 0 Å². The lowest BCUT2D eigenvalue weighted by atomic mass is 10.0. The van der Waals surface area contributed by atoms with E-state index < -0.39 is 24.3 Å². The highest BCUT2D eigenvalue weighted by Gasteiger charge is 2.20. The zero-order valence-electron chi connectivity index (χ0n) is 16.5. The highest BCUT2D eigenvalue weighted by molar-refractivity contribution is 5.95. The van der Waals surface area contributed by atoms with Crippen molar-refractivity contribution in [3.8, 4) is 0 Å². The van der Waals surface area contributed by atoms with Crippen LogP contribution in [0.25, 0.3) is 10.9 Å². The molecule has 0 aliphatic carbocycles. The molecule has 0 aliphatic rings. The van der Waals surface area contributed by atoms with Crippen LogP contribution in [-0.4, -0.2) is 46.5 Å². The number of fused-ring (bicyclic) bond motifs is 1. The van der Waals surface area contributed by atoms with Crippen molar-refractivity contribution in [2.45, 2.75) is 25.7 Å². The average Bonchev–Trinajstić information content (AvgIpc) is 3.20. The molecule has 2 aromatic carbocycles. The van der Waals surface area contributed by atoms with Crippen molar-refractivity contribution in [3.63, 3.8) is 0 Å². The molecule has 1 aromatic heterocycles. The number of hydrogen-bond acceptors (Lipinski definition) is 6. The zero-order valence-corrected chi connectivity index (χ0v) is 16.5. The molecule has 0 bridgehead atoms. The molecule has 3 aromatic rings. The highest BCUT2D eigenvalue weighted by atomic mass is 16.5. The van der Waals surface area contributed by atoms with Gasteiger partial charge < -0.3 is 30.0 Å². The van der Waals surface area contributed by atoms with E-state index >= 15 is 0 Å². The van der Waals surface area contributed by atoms with E-state index in [0.29, 0.717) is 16.8 Å². The first-order valence-corrected chi connectivity index (χ1v) is 9.58. The molecule has 0 spiro atoms. The van der Waals surface area contributed by atoms with Gasteiger partial charge in [0, 0.05) is 17.4 Å². The molecular weight excluding hydrogens is 388 g/mol. The molecule has 2 unspecified atom stereocenters. The summed E-state index contributed by atoms with van der Waals surface area (Å²) in [4.78, 5) is 26.6. The second-order valence-electron chi connectivity index (χ2n) is 6.70. The molecule has 3 rings (SSSR count). The van der Waals surface area contributed by atoms with Crippen LogP contribution in [0.1, 0.15) is 34.6 Å². The number of alkyl carbamates (subject to hydrolysis) is 1. The molecule has 0 saturated heterocycles. The van der Waals surface area contributed by atoms with E-state index in [1.54, 1.807) is 31.2 Å². The van der Waals surface area contributed by atoms with Crippen LogP contribution in [-0.2, 0) is 16.1 Å². The Balaban J connectivity index is 1.55. The Morgan fingerprint density at radius 2 is 1.83 bits per heavy atom. The first-order chi connectivity index (χ1) is 14.5. The average molecular weight is 412 g/mol. The van der Waals surface area contributed by atoms with Crippen molar-refractivity contribution in [3.05, 3.63) is 71.4 Å². The largest absolute Gasteiger partial charge is 0.461 e. The Hall–Kier alpha value is -3.36. The number of carbonyl (C=O) groups is 2. The topological polar surface area (TPSA) is 121 Å². The van der Waals surface area contributed by atoms with Gasteiger partial charge in [-0.25, -0.2) is 9.59 Å². The summed E-state index contributed by atoms with van der Waals surface area (Å²) in [5, 5.41) is 23.9. The Bertz CT molecular complexity index is 1000. The number of benzene rings is 2. The summed E-state index contributed by atoms with van der Waals surface area (Å²) in [5.41, 5.74) is 2.21. The summed E-state index contributed by atoms with van der Waals surface area (Å²) in [7, 11) is 0. The number of ether oxygens (including phenoxy) is 2. The number of rotatable bonds is 8. The van der Waals surface area contributed by atoms with Crippen LogP contribution in [0, 0.1) is 0 Å². The van der Waals surface area contributed by atoms with Gasteiger partial charge in [-0.1, -0.05) is 42.5 Å². The molecule has 1 amide bonds. The van der Waals surface area contributed by atoms with Crippen LogP contribution in [0.3, 0.4) is 0 Å². The van der Waals surface area contributed by atoms with E-state index in [4.69, 9.17) is 9.47 Å². The third kappa shape index (κ3) is 5.37. The number of nitrogens with one attached hydrogen (secondary N) is 2. The number of esters is 1. The van der Waals surface area contributed by atoms with Gasteiger partial charge in [-0.05, 0) is 30.2 Å². The Morgan fingerprint density at radius 3 is 2.57 bits per heavy atom. The third-order valence-corrected chi connectivity index (χ3v) is 4.52. The van der Waals surface area contributed by atoms with Gasteiger partial charge in [0.1, 0.15) is 24.5 Å². The van der Waals surface area contributed by atoms with Crippen molar-refractivity contribution in [1.29, 1.82) is 0 Å². The van der Waals surface area contributed by atoms with Crippen molar-refractivity contribution in [2.75, 3.05) is 13.2 Å². The number of aliphatic hydroxyl groups is 2. The quantitative estimate of drug-likeness (QED) is 0.422. The van der Waals surface area contributed by atoms with E-state index in [0.717, 1.165) is 10.9 Å². The molecule has 2 atom stereocenters. The summed E-state index contributed by atoms with van der Waals surface area (Å²) in [6.07, 6.45) is -3.17. The van der Waals surface area contributed by atoms with Crippen LogP contribution in [0.2, 0.25) is 0 Å². The van der Waals surface area contributed by atoms with Crippen molar-refractivity contribution >= 4 is 23.0 Å². The number of aliphatic hydroxyl groups excluding tert-OH is 2. The Labute approximate surface area is 173 Å². The van der Waals surface area contributed by atoms with Gasteiger partial charge >= 0.3 is 12.1 Å². The molecule has 8 nitrogen and oxygen atoms in total. The van der Waals surface area contributed by atoms with Crippen LogP contribution < -0.4 is 5.32 Å². The number of H-pyrrole nitrogens is 1. The minimum absolute atomic E-state index is 0.109. The first-order valence-electron chi connectivity index (χ1n) is 9.58. The monoisotopic (exact) mass is 412 g/mol. The molecule has 0 fully saturated rings. The predicted octanol–water partition coefficient (Wildman–Crippen LogP) is 2.67. The normalized spacial score (nSPS) is 12.9. The summed E-state index contributed by atoms with van der Waals surface area (Å²) in [6, 6.07) is 15.9. The minimum Gasteiger partial charge on any atom is -0.461 e. The minimum atomic E-state index is -1.24. The summed E-state index contributed by atoms with van der Waals surface area (Å²) >= 11 is 0. The van der Waals surface area contributed by atoms with E-state index in [1.807, 2.05) is 30.3 Å². The molecule has 0 radical (unpaired) electrons. The molecule has 158 valence electrons. The highest BCUT2D eigenvalue weighted by Crippen LogP contribution is 2.23. The van der Waals surface area contributed by atoms with Gasteiger partial charge in [0.15, 0.2) is 0 Å². The maximum atomic E-state index is 11.8. The lowest BCUT2D eigenvalue weighted by molar-refractivity contribution is 0.0185. The van der Waals surface area contributed by atoms with E-state index in [-0.39, 0.29) is 19.8 Å². The predicted molar refractivity (Wildman–Crippen MR) is 110 cm³/mol. The SMILES string of the molecule is CCOC(=O)c1cc2ccc(C(O)C(O)CNC(=O)OCc3ccccc3)cc2[nH]1. The van der Waals surface area contributed by atoms with Gasteiger partial charge in [-0.15, -0.1) is 0 Å². The van der Waals surface area contributed by atoms with Crippen LogP contribution in [0.5, 0.6) is 0 Å². The summed E-state index contributed by atoms with van der Waals surface area (Å²) in [5.74, 6) is -0.464. The van der Waals surface area contributed by atoms with Crippen LogP contribution >= 0.6 is 0 Å². The number of aromatic nitrogens is 1. The van der Waals surface area contributed by atoms with Crippen molar-refractivity contribution in [2.24, 2.45) is 0 Å². The smallest absolute Gasteiger partial charge is 0.407 e. The van der Waals surface area contributed by atoms with Gasteiger partial charge in [0.25, 0.3) is 0 Å². The molecular formula is C22H24N2O6. The van der Waals surface area contributed by atoms with Crippen LogP contribution in [0.15, 0.2) is 54.6 Å². The first kappa shape index (κ1) is 21.4. The number of amides is 1. The molecule has 8 heteroatoms. The number of hydrogen-bond donors (Lipinski definition) is 4. The Morgan fingerprint density at radius 1 is 1.07 bits per heavy atom. The summed E-state index contributed by atoms with van der Waals surface area (Å²) < 4.78 is 10.0. The van der Waals surface area contributed by atoms with E-state index in [9.17, 15) is 19.8 Å². The number of carbonyl (C=O) groups excluding carboxylic acids is 2. The van der Waals surface area contributed by atoms with E-state index in [2.05, 4.69) is 10.3 Å². The lowest BCUT2D eigenvalue weighted by Gasteiger charge is -2.18. The maximum absolute atomic E-state index is 11.8. The third-order valence-electron chi connectivity index (χ3n) is 4.52. The lowest BCUT2D eigenvalue weighted by Crippen LogP contribution is -2.35. The standard InChI is InChI=1S/C22H24N2O6/c1-2-29-21(27)18-10-15-8-9-16(11-17(15)24-18)20(26)19(25)12-23-22(28)30-13-14-6-4-3-5-7-14/h3-11,19-20,24-26H,2,12-13H2,1H3,(H,23,28). The molecule has 0 aliphatic heterocycles. The number of aromatic amines is 1. The fraction of sp³-hybridized carbons (Fsp3) is 0.273. The molecule has 1 heterocycles. The maximum Gasteiger partial charge on any atom is 0.407 e. The fourth-order valence-corrected chi connectivity index (χ4v) is 2.94. The second kappa shape index (κ2) is 9.91. The molecule has 4 N–H and O–H groups in total. The summed E-state index contributed by atoms with van der Waals surface area (Å²) in [6.45, 7) is 1.91. The zero-order chi connectivity index (χ0) is 21.5. The van der Waals surface area contributed by atoms with Crippen molar-refractivity contribution < 1.29 is 29.3 Å². The van der Waals surface area contributed by atoms with Gasteiger partial charge in [-0.3, -0.25) is 0 Å². The Kier molecular flexibility index (Phi) is 7.05. The fourth-order valence-electron chi connectivity index (χ4n) is 2.94. The molecule has 0 saturated carbocycles. The second-order valence-corrected chi connectivity index (χ2v) is 6.70. The van der Waals surface area contributed by atoms with E-state index in [1.165, 1.54) is 0 Å².